The molecule has 16 heavy (non-hydrogen) atoms. The van der Waals surface area contributed by atoms with Crippen LogP contribution in [0.1, 0.15) is 10.4 Å². The highest BCUT2D eigenvalue weighted by Crippen LogP contribution is 2.18. The maximum atomic E-state index is 13.5. The maximum Gasteiger partial charge on any atom is 0.253 e. The van der Waals surface area contributed by atoms with E-state index in [9.17, 15) is 9.18 Å². The predicted molar refractivity (Wildman–Crippen MR) is 59.0 cm³/mol. The van der Waals surface area contributed by atoms with Crippen molar-refractivity contribution in [3.63, 3.8) is 0 Å². The number of carbonyl (C=O) groups excluding carboxylic acids is 1. The molecule has 0 aliphatic carbocycles. The van der Waals surface area contributed by atoms with Crippen LogP contribution in [0.4, 0.5) is 4.39 Å². The summed E-state index contributed by atoms with van der Waals surface area (Å²) in [5, 5.41) is 0. The molecule has 1 aromatic rings. The van der Waals surface area contributed by atoms with Crippen LogP contribution >= 0.6 is 0 Å². The van der Waals surface area contributed by atoms with Crippen LogP contribution in [0.5, 0.6) is 5.75 Å². The molecule has 0 unspecified atom stereocenters. The van der Waals surface area contributed by atoms with E-state index in [1.54, 1.807) is 14.1 Å². The summed E-state index contributed by atoms with van der Waals surface area (Å²) >= 11 is 0. The average molecular weight is 226 g/mol. The molecule has 2 N–H and O–H groups in total. The van der Waals surface area contributed by atoms with Gasteiger partial charge in [0.1, 0.15) is 6.61 Å². The summed E-state index contributed by atoms with van der Waals surface area (Å²) in [5.41, 5.74) is 5.53. The Morgan fingerprint density at radius 1 is 1.50 bits per heavy atom. The van der Waals surface area contributed by atoms with Crippen molar-refractivity contribution in [2.75, 3.05) is 27.2 Å². The van der Waals surface area contributed by atoms with Gasteiger partial charge in [-0.3, -0.25) is 4.79 Å². The summed E-state index contributed by atoms with van der Waals surface area (Å²) in [6, 6.07) is 4.12. The number of ether oxygens (including phenoxy) is 1. The number of nitrogens with zero attached hydrogens (tertiary/aromatic N) is 1. The first kappa shape index (κ1) is 12.4. The average Bonchev–Trinajstić information content (AvgIpc) is 2.26. The molecule has 0 bridgehead atoms. The normalized spacial score (nSPS) is 10.0. The summed E-state index contributed by atoms with van der Waals surface area (Å²) in [7, 11) is 3.22. The van der Waals surface area contributed by atoms with Crippen LogP contribution < -0.4 is 10.5 Å². The third-order valence-corrected chi connectivity index (χ3v) is 1.96. The van der Waals surface area contributed by atoms with Crippen LogP contribution in [0.15, 0.2) is 18.2 Å². The number of hydrogen-bond donors (Lipinski definition) is 1. The number of amides is 1. The lowest BCUT2D eigenvalue weighted by atomic mass is 10.2. The highest BCUT2D eigenvalue weighted by Gasteiger charge is 2.11. The molecule has 0 fully saturated rings. The zero-order chi connectivity index (χ0) is 12.1. The molecule has 0 aliphatic rings. The first-order chi connectivity index (χ1) is 7.56. The van der Waals surface area contributed by atoms with Crippen LogP contribution in [0.3, 0.4) is 0 Å². The Kier molecular flexibility index (Phi) is 4.25. The van der Waals surface area contributed by atoms with Crippen molar-refractivity contribution in [2.45, 2.75) is 0 Å². The quantitative estimate of drug-likeness (QED) is 0.828. The van der Waals surface area contributed by atoms with Gasteiger partial charge in [-0.15, -0.1) is 0 Å². The van der Waals surface area contributed by atoms with Crippen molar-refractivity contribution in [1.29, 1.82) is 0 Å². The monoisotopic (exact) mass is 226 g/mol. The number of rotatable bonds is 4. The van der Waals surface area contributed by atoms with Gasteiger partial charge in [0.15, 0.2) is 11.6 Å². The Morgan fingerprint density at radius 2 is 2.19 bits per heavy atom. The van der Waals surface area contributed by atoms with E-state index in [0.717, 1.165) is 6.07 Å². The van der Waals surface area contributed by atoms with Gasteiger partial charge in [-0.1, -0.05) is 0 Å². The van der Waals surface area contributed by atoms with Crippen molar-refractivity contribution in [3.05, 3.63) is 29.6 Å². The van der Waals surface area contributed by atoms with Crippen molar-refractivity contribution in [1.82, 2.24) is 4.90 Å². The molecule has 88 valence electrons. The molecular weight excluding hydrogens is 211 g/mol. The summed E-state index contributed by atoms with van der Waals surface area (Å²) in [6.07, 6.45) is 0. The van der Waals surface area contributed by atoms with E-state index in [1.807, 2.05) is 0 Å². The van der Waals surface area contributed by atoms with Gasteiger partial charge in [-0.25, -0.2) is 4.39 Å². The highest BCUT2D eigenvalue weighted by atomic mass is 19.1. The second-order valence-corrected chi connectivity index (χ2v) is 3.48. The zero-order valence-corrected chi connectivity index (χ0v) is 9.37. The van der Waals surface area contributed by atoms with Crippen LogP contribution in [0.2, 0.25) is 0 Å². The Morgan fingerprint density at radius 3 is 2.69 bits per heavy atom. The summed E-state index contributed by atoms with van der Waals surface area (Å²) in [4.78, 5) is 12.9. The smallest absolute Gasteiger partial charge is 0.253 e. The van der Waals surface area contributed by atoms with Crippen LogP contribution in [0, 0.1) is 5.82 Å². The van der Waals surface area contributed by atoms with Gasteiger partial charge in [0.2, 0.25) is 0 Å². The minimum atomic E-state index is -0.554. The number of benzene rings is 1. The fourth-order valence-corrected chi connectivity index (χ4v) is 1.18. The maximum absolute atomic E-state index is 13.5. The van der Waals surface area contributed by atoms with Gasteiger partial charge in [-0.05, 0) is 18.2 Å². The molecule has 0 atom stereocenters. The van der Waals surface area contributed by atoms with E-state index in [-0.39, 0.29) is 18.3 Å². The van der Waals surface area contributed by atoms with E-state index in [4.69, 9.17) is 10.5 Å². The number of halogens is 1. The van der Waals surface area contributed by atoms with E-state index in [1.165, 1.54) is 17.0 Å². The molecule has 1 rings (SSSR count). The van der Waals surface area contributed by atoms with Gasteiger partial charge >= 0.3 is 0 Å². The Balaban J connectivity index is 2.86. The van der Waals surface area contributed by atoms with E-state index < -0.39 is 5.82 Å². The molecule has 1 amide bonds. The van der Waals surface area contributed by atoms with E-state index in [0.29, 0.717) is 12.1 Å². The largest absolute Gasteiger partial charge is 0.489 e. The molecule has 5 heteroatoms. The molecule has 1 aromatic carbocycles. The first-order valence-corrected chi connectivity index (χ1v) is 4.90. The second-order valence-electron chi connectivity index (χ2n) is 3.48. The third-order valence-electron chi connectivity index (χ3n) is 1.96. The van der Waals surface area contributed by atoms with Gasteiger partial charge in [0.25, 0.3) is 5.91 Å². The fraction of sp³-hybridized carbons (Fsp3) is 0.364. The van der Waals surface area contributed by atoms with Crippen LogP contribution in [-0.4, -0.2) is 38.1 Å². The van der Waals surface area contributed by atoms with E-state index in [2.05, 4.69) is 0 Å². The molecule has 0 heterocycles. The number of nitrogens with two attached hydrogens (primary N) is 1. The molecule has 0 aromatic heterocycles. The standard InChI is InChI=1S/C11H15FN2O2/c1-14(2)11(15)8-3-4-10(9(12)7-8)16-6-5-13/h3-4,7H,5-6,13H2,1-2H3. The minimum absolute atomic E-state index is 0.112. The number of hydrogen-bond acceptors (Lipinski definition) is 3. The lowest BCUT2D eigenvalue weighted by molar-refractivity contribution is 0.0827. The lowest BCUT2D eigenvalue weighted by Gasteiger charge is -2.11. The molecular formula is C11H15FN2O2. The Hall–Kier alpha value is -1.62. The molecule has 0 saturated heterocycles. The predicted octanol–water partition coefficient (Wildman–Crippen LogP) is 0.865. The van der Waals surface area contributed by atoms with Crippen LogP contribution in [-0.2, 0) is 0 Å². The molecule has 0 spiro atoms. The fourth-order valence-electron chi connectivity index (χ4n) is 1.18. The zero-order valence-electron chi connectivity index (χ0n) is 9.37. The van der Waals surface area contributed by atoms with E-state index >= 15 is 0 Å². The first-order valence-electron chi connectivity index (χ1n) is 4.90. The minimum Gasteiger partial charge on any atom is -0.489 e. The summed E-state index contributed by atoms with van der Waals surface area (Å²) in [5.74, 6) is -0.689. The molecule has 0 radical (unpaired) electrons. The molecule has 0 aliphatic heterocycles. The van der Waals surface area contributed by atoms with Gasteiger partial charge in [0, 0.05) is 26.2 Å². The van der Waals surface area contributed by atoms with Gasteiger partial charge in [-0.2, -0.15) is 0 Å². The molecule has 0 saturated carbocycles. The Bertz CT molecular complexity index is 380. The SMILES string of the molecule is CN(C)C(=O)c1ccc(OCCN)c(F)c1. The van der Waals surface area contributed by atoms with Crippen molar-refractivity contribution >= 4 is 5.91 Å². The summed E-state index contributed by atoms with van der Waals surface area (Å²) < 4.78 is 18.5. The third kappa shape index (κ3) is 2.93. The summed E-state index contributed by atoms with van der Waals surface area (Å²) in [6.45, 7) is 0.565. The van der Waals surface area contributed by atoms with Gasteiger partial charge in [0.05, 0.1) is 0 Å². The molecule has 4 nitrogen and oxygen atoms in total. The topological polar surface area (TPSA) is 55.6 Å². The Labute approximate surface area is 93.8 Å². The highest BCUT2D eigenvalue weighted by molar-refractivity contribution is 5.94. The van der Waals surface area contributed by atoms with Crippen molar-refractivity contribution < 1.29 is 13.9 Å². The van der Waals surface area contributed by atoms with Crippen molar-refractivity contribution in [3.8, 4) is 5.75 Å². The second kappa shape index (κ2) is 5.46. The van der Waals surface area contributed by atoms with Crippen LogP contribution in [0.25, 0.3) is 0 Å². The lowest BCUT2D eigenvalue weighted by Crippen LogP contribution is -2.21. The van der Waals surface area contributed by atoms with Crippen molar-refractivity contribution in [2.24, 2.45) is 5.73 Å². The number of carbonyl (C=O) groups is 1. The van der Waals surface area contributed by atoms with Gasteiger partial charge < -0.3 is 15.4 Å².